The van der Waals surface area contributed by atoms with E-state index in [2.05, 4.69) is 15.0 Å². The zero-order valence-electron chi connectivity index (χ0n) is 15.4. The Morgan fingerprint density at radius 2 is 1.93 bits per heavy atom. The number of nitrogens with one attached hydrogen (secondary N) is 2. The molecule has 0 aliphatic carbocycles. The van der Waals surface area contributed by atoms with Gasteiger partial charge >= 0.3 is 0 Å². The van der Waals surface area contributed by atoms with Crippen LogP contribution >= 0.6 is 12.4 Å². The van der Waals surface area contributed by atoms with Crippen molar-refractivity contribution in [1.29, 1.82) is 0 Å². The van der Waals surface area contributed by atoms with Crippen molar-refractivity contribution < 1.29 is 12.8 Å². The van der Waals surface area contributed by atoms with Crippen molar-refractivity contribution >= 4 is 33.2 Å². The van der Waals surface area contributed by atoms with Crippen LogP contribution in [0.15, 0.2) is 65.8 Å². The van der Waals surface area contributed by atoms with Crippen molar-refractivity contribution in [3.63, 3.8) is 0 Å². The van der Waals surface area contributed by atoms with Gasteiger partial charge in [0.2, 0.25) is 10.0 Å². The van der Waals surface area contributed by atoms with E-state index in [9.17, 15) is 12.8 Å². The Morgan fingerprint density at radius 3 is 2.71 bits per heavy atom. The maximum absolute atomic E-state index is 13.1. The summed E-state index contributed by atoms with van der Waals surface area (Å²) in [6, 6.07) is 12.9. The van der Waals surface area contributed by atoms with Crippen LogP contribution in [0.2, 0.25) is 0 Å². The van der Waals surface area contributed by atoms with Gasteiger partial charge in [0.1, 0.15) is 5.82 Å². The van der Waals surface area contributed by atoms with E-state index in [0.717, 1.165) is 16.3 Å². The maximum Gasteiger partial charge on any atom is 0.240 e. The van der Waals surface area contributed by atoms with Gasteiger partial charge in [-0.3, -0.25) is 4.98 Å². The van der Waals surface area contributed by atoms with E-state index in [1.54, 1.807) is 49.6 Å². The Kier molecular flexibility index (Phi) is 7.88. The van der Waals surface area contributed by atoms with Crippen molar-refractivity contribution in [3.8, 4) is 0 Å². The molecule has 1 aromatic heterocycles. The summed E-state index contributed by atoms with van der Waals surface area (Å²) in [4.78, 5) is 4.26. The summed E-state index contributed by atoms with van der Waals surface area (Å²) < 4.78 is 41.0. The van der Waals surface area contributed by atoms with Crippen LogP contribution in [0.1, 0.15) is 12.5 Å². The molecule has 3 aromatic rings. The number of aromatic nitrogens is 1. The number of halogens is 2. The van der Waals surface area contributed by atoms with Gasteiger partial charge in [-0.1, -0.05) is 18.2 Å². The number of rotatable bonds is 8. The summed E-state index contributed by atoms with van der Waals surface area (Å²) in [6.07, 6.45) is 4.01. The number of benzene rings is 2. The molecule has 3 rings (SSSR count). The number of hydrogen-bond donors (Lipinski definition) is 2. The summed E-state index contributed by atoms with van der Waals surface area (Å²) in [6.45, 7) is 2.92. The highest BCUT2D eigenvalue weighted by Gasteiger charge is 2.17. The zero-order valence-corrected chi connectivity index (χ0v) is 17.1. The van der Waals surface area contributed by atoms with E-state index < -0.39 is 10.0 Å². The van der Waals surface area contributed by atoms with Crippen LogP contribution < -0.4 is 10.0 Å². The van der Waals surface area contributed by atoms with Crippen LogP contribution in [-0.4, -0.2) is 32.5 Å². The number of fused-ring (bicyclic) bond motifs is 1. The molecule has 8 heteroatoms. The van der Waals surface area contributed by atoms with Gasteiger partial charge in [0, 0.05) is 30.4 Å². The summed E-state index contributed by atoms with van der Waals surface area (Å²) in [5, 5.41) is 4.92. The molecule has 1 atom stereocenters. The van der Waals surface area contributed by atoms with E-state index in [1.807, 2.05) is 6.07 Å². The van der Waals surface area contributed by atoms with E-state index in [4.69, 9.17) is 0 Å². The van der Waals surface area contributed by atoms with Gasteiger partial charge in [0.15, 0.2) is 0 Å². The first-order valence-corrected chi connectivity index (χ1v) is 10.2. The minimum absolute atomic E-state index is 0. The fourth-order valence-corrected chi connectivity index (χ4v) is 4.13. The van der Waals surface area contributed by atoms with Crippen LogP contribution in [0.4, 0.5) is 4.39 Å². The maximum atomic E-state index is 13.1. The number of hydrogen-bond acceptors (Lipinski definition) is 4. The second-order valence-electron chi connectivity index (χ2n) is 6.49. The smallest absolute Gasteiger partial charge is 0.240 e. The van der Waals surface area contributed by atoms with Crippen LogP contribution in [0, 0.1) is 5.82 Å². The SMILES string of the molecule is CC(CNCCc1cccc(F)c1)NS(=O)(=O)c1ccc2cnccc2c1.Cl. The molecule has 0 radical (unpaired) electrons. The molecule has 0 aliphatic rings. The lowest BCUT2D eigenvalue weighted by atomic mass is 10.1. The average Bonchev–Trinajstić information content (AvgIpc) is 2.64. The van der Waals surface area contributed by atoms with Crippen LogP contribution in [0.25, 0.3) is 10.8 Å². The summed E-state index contributed by atoms with van der Waals surface area (Å²) >= 11 is 0. The fourth-order valence-electron chi connectivity index (χ4n) is 2.85. The third kappa shape index (κ3) is 5.97. The Morgan fingerprint density at radius 1 is 1.11 bits per heavy atom. The Bertz CT molecular complexity index is 1030. The van der Waals surface area contributed by atoms with Crippen LogP contribution in [0.5, 0.6) is 0 Å². The standard InChI is InChI=1S/C20H22FN3O2S.ClH/c1-15(13-22-9-7-16-3-2-4-19(21)11-16)24-27(25,26)20-6-5-18-14-23-10-8-17(18)12-20;/h2-6,8,10-12,14-15,22,24H,7,9,13H2,1H3;1H. The number of nitrogens with zero attached hydrogens (tertiary/aromatic N) is 1. The van der Waals surface area contributed by atoms with E-state index >= 15 is 0 Å². The number of sulfonamides is 1. The molecular weight excluding hydrogens is 401 g/mol. The van der Waals surface area contributed by atoms with Gasteiger partial charge < -0.3 is 5.32 Å². The zero-order chi connectivity index (χ0) is 19.3. The largest absolute Gasteiger partial charge is 0.315 e. The van der Waals surface area contributed by atoms with Gasteiger partial charge in [0.05, 0.1) is 4.90 Å². The van der Waals surface area contributed by atoms with Crippen molar-refractivity contribution in [2.45, 2.75) is 24.3 Å². The summed E-state index contributed by atoms with van der Waals surface area (Å²) in [5.74, 6) is -0.250. The molecule has 1 heterocycles. The highest BCUT2D eigenvalue weighted by atomic mass is 35.5. The molecule has 0 spiro atoms. The van der Waals surface area contributed by atoms with Crippen molar-refractivity contribution in [2.24, 2.45) is 0 Å². The predicted molar refractivity (Wildman–Crippen MR) is 112 cm³/mol. The Hall–Kier alpha value is -2.06. The minimum atomic E-state index is -3.61. The molecule has 0 saturated carbocycles. The van der Waals surface area contributed by atoms with Gasteiger partial charge in [0.25, 0.3) is 0 Å². The first kappa shape index (κ1) is 22.2. The molecular formula is C20H23ClFN3O2S. The van der Waals surface area contributed by atoms with Crippen molar-refractivity contribution in [3.05, 3.63) is 72.3 Å². The molecule has 0 aliphatic heterocycles. The third-order valence-corrected chi connectivity index (χ3v) is 5.80. The van der Waals surface area contributed by atoms with E-state index in [1.165, 1.54) is 12.1 Å². The molecule has 1 unspecified atom stereocenters. The highest BCUT2D eigenvalue weighted by molar-refractivity contribution is 7.89. The summed E-state index contributed by atoms with van der Waals surface area (Å²) in [7, 11) is -3.61. The second kappa shape index (κ2) is 9.93. The Balaban J connectivity index is 0.00000280. The van der Waals surface area contributed by atoms with Gasteiger partial charge in [-0.05, 0) is 61.2 Å². The van der Waals surface area contributed by atoms with Gasteiger partial charge in [-0.25, -0.2) is 17.5 Å². The molecule has 0 bridgehead atoms. The lowest BCUT2D eigenvalue weighted by Crippen LogP contribution is -2.40. The molecule has 0 amide bonds. The van der Waals surface area contributed by atoms with Crippen molar-refractivity contribution in [1.82, 2.24) is 15.0 Å². The molecule has 2 N–H and O–H groups in total. The van der Waals surface area contributed by atoms with E-state index in [-0.39, 0.29) is 29.2 Å². The molecule has 150 valence electrons. The normalized spacial score (nSPS) is 12.5. The molecule has 28 heavy (non-hydrogen) atoms. The molecule has 5 nitrogen and oxygen atoms in total. The second-order valence-corrected chi connectivity index (χ2v) is 8.20. The Labute approximate surface area is 170 Å². The van der Waals surface area contributed by atoms with Crippen LogP contribution in [-0.2, 0) is 16.4 Å². The average molecular weight is 424 g/mol. The lowest BCUT2D eigenvalue weighted by Gasteiger charge is -2.15. The molecule has 0 fully saturated rings. The lowest BCUT2D eigenvalue weighted by molar-refractivity contribution is 0.537. The van der Waals surface area contributed by atoms with Crippen molar-refractivity contribution in [2.75, 3.05) is 13.1 Å². The highest BCUT2D eigenvalue weighted by Crippen LogP contribution is 2.18. The van der Waals surface area contributed by atoms with Crippen LogP contribution in [0.3, 0.4) is 0 Å². The topological polar surface area (TPSA) is 71.1 Å². The fraction of sp³-hybridized carbons (Fsp3) is 0.250. The number of pyridine rings is 1. The summed E-state index contributed by atoms with van der Waals surface area (Å²) in [5.41, 5.74) is 0.904. The third-order valence-electron chi connectivity index (χ3n) is 4.21. The predicted octanol–water partition coefficient (Wildman–Crippen LogP) is 3.29. The van der Waals surface area contributed by atoms with E-state index in [0.29, 0.717) is 19.5 Å². The monoisotopic (exact) mass is 423 g/mol. The quantitative estimate of drug-likeness (QED) is 0.545. The van der Waals surface area contributed by atoms with Gasteiger partial charge in [-0.2, -0.15) is 0 Å². The molecule has 0 saturated heterocycles. The minimum Gasteiger partial charge on any atom is -0.315 e. The van der Waals surface area contributed by atoms with Gasteiger partial charge in [-0.15, -0.1) is 12.4 Å². The first-order chi connectivity index (χ1) is 12.9. The molecule has 2 aromatic carbocycles. The first-order valence-electron chi connectivity index (χ1n) is 8.75.